The van der Waals surface area contributed by atoms with Crippen molar-refractivity contribution in [3.8, 4) is 0 Å². The molecule has 0 aliphatic heterocycles. The molecular weight excluding hydrogens is 420 g/mol. The van der Waals surface area contributed by atoms with Gasteiger partial charge in [-0.05, 0) is 68.2 Å². The second-order valence-corrected chi connectivity index (χ2v) is 6.11. The molecule has 0 radical (unpaired) electrons. The minimum atomic E-state index is -0.315. The highest BCUT2D eigenvalue weighted by molar-refractivity contribution is 14.1. The highest BCUT2D eigenvalue weighted by Crippen LogP contribution is 2.25. The zero-order valence-electron chi connectivity index (χ0n) is 8.34. The first kappa shape index (κ1) is 13.0. The molecule has 0 saturated carbocycles. The summed E-state index contributed by atoms with van der Waals surface area (Å²) < 4.78 is 14.3. The standard InChI is InChI=1S/C11H6BrFINOS/c12-7-3-4-17-10(7)11(16)15-9-2-1-6(13)5-8(9)14/h1-5H,(H,15,16). The second kappa shape index (κ2) is 5.45. The van der Waals surface area contributed by atoms with Crippen LogP contribution < -0.4 is 5.32 Å². The summed E-state index contributed by atoms with van der Waals surface area (Å²) in [6.07, 6.45) is 0. The van der Waals surface area contributed by atoms with Crippen LogP contribution in [0.25, 0.3) is 0 Å². The molecule has 1 aromatic carbocycles. The van der Waals surface area contributed by atoms with Crippen LogP contribution in [0.15, 0.2) is 34.1 Å². The van der Waals surface area contributed by atoms with E-state index in [4.69, 9.17) is 0 Å². The summed E-state index contributed by atoms with van der Waals surface area (Å²) >= 11 is 6.63. The lowest BCUT2D eigenvalue weighted by atomic mass is 10.3. The summed E-state index contributed by atoms with van der Waals surface area (Å²) in [5.41, 5.74) is 0.609. The first-order chi connectivity index (χ1) is 8.08. The predicted molar refractivity (Wildman–Crippen MR) is 79.1 cm³/mol. The largest absolute Gasteiger partial charge is 0.320 e. The number of nitrogens with one attached hydrogen (secondary N) is 1. The van der Waals surface area contributed by atoms with Crippen molar-refractivity contribution in [1.82, 2.24) is 0 Å². The minimum Gasteiger partial charge on any atom is -0.320 e. The van der Waals surface area contributed by atoms with Crippen LogP contribution in [0.1, 0.15) is 9.67 Å². The average molecular weight is 426 g/mol. The Morgan fingerprint density at radius 1 is 1.41 bits per heavy atom. The van der Waals surface area contributed by atoms with Crippen LogP contribution in [-0.2, 0) is 0 Å². The molecule has 0 spiro atoms. The second-order valence-electron chi connectivity index (χ2n) is 3.18. The highest BCUT2D eigenvalue weighted by atomic mass is 127. The van der Waals surface area contributed by atoms with Gasteiger partial charge in [0.15, 0.2) is 0 Å². The van der Waals surface area contributed by atoms with Crippen LogP contribution >= 0.6 is 49.9 Å². The van der Waals surface area contributed by atoms with Crippen molar-refractivity contribution in [2.24, 2.45) is 0 Å². The highest BCUT2D eigenvalue weighted by Gasteiger charge is 2.13. The number of benzene rings is 1. The Morgan fingerprint density at radius 2 is 2.18 bits per heavy atom. The van der Waals surface area contributed by atoms with Crippen LogP contribution in [0.4, 0.5) is 10.1 Å². The van der Waals surface area contributed by atoms with Gasteiger partial charge < -0.3 is 5.32 Å². The van der Waals surface area contributed by atoms with E-state index in [0.717, 1.165) is 4.47 Å². The molecule has 1 N–H and O–H groups in total. The maximum absolute atomic E-state index is 12.9. The molecule has 2 nitrogen and oxygen atoms in total. The van der Waals surface area contributed by atoms with Gasteiger partial charge in [0, 0.05) is 8.04 Å². The van der Waals surface area contributed by atoms with Gasteiger partial charge in [0.2, 0.25) is 0 Å². The van der Waals surface area contributed by atoms with Crippen molar-refractivity contribution in [2.45, 2.75) is 0 Å². The molecule has 0 aliphatic rings. The van der Waals surface area contributed by atoms with Gasteiger partial charge in [-0.1, -0.05) is 0 Å². The molecule has 0 atom stereocenters. The minimum absolute atomic E-state index is 0.198. The molecule has 17 heavy (non-hydrogen) atoms. The molecule has 6 heteroatoms. The van der Waals surface area contributed by atoms with Crippen molar-refractivity contribution >= 4 is 61.5 Å². The molecule has 0 bridgehead atoms. The molecule has 0 saturated heterocycles. The molecule has 0 unspecified atom stereocenters. The first-order valence-corrected chi connectivity index (χ1v) is 7.32. The van der Waals surface area contributed by atoms with E-state index < -0.39 is 0 Å². The topological polar surface area (TPSA) is 29.1 Å². The Morgan fingerprint density at radius 3 is 2.76 bits per heavy atom. The van der Waals surface area contributed by atoms with Gasteiger partial charge in [0.25, 0.3) is 5.91 Å². The van der Waals surface area contributed by atoms with Crippen molar-refractivity contribution in [3.63, 3.8) is 0 Å². The average Bonchev–Trinajstić information content (AvgIpc) is 2.68. The molecule has 1 heterocycles. The number of rotatable bonds is 2. The van der Waals surface area contributed by atoms with E-state index in [1.807, 2.05) is 34.0 Å². The van der Waals surface area contributed by atoms with Crippen LogP contribution in [0.2, 0.25) is 0 Å². The quantitative estimate of drug-likeness (QED) is 0.705. The Bertz CT molecular complexity index is 572. The van der Waals surface area contributed by atoms with E-state index in [-0.39, 0.29) is 11.7 Å². The van der Waals surface area contributed by atoms with E-state index in [0.29, 0.717) is 14.1 Å². The van der Waals surface area contributed by atoms with Crippen molar-refractivity contribution in [3.05, 3.63) is 48.4 Å². The number of halogens is 3. The molecule has 1 aromatic heterocycles. The van der Waals surface area contributed by atoms with E-state index in [1.54, 1.807) is 6.07 Å². The van der Waals surface area contributed by atoms with Gasteiger partial charge in [0.1, 0.15) is 10.7 Å². The zero-order chi connectivity index (χ0) is 12.4. The summed E-state index contributed by atoms with van der Waals surface area (Å²) in [5, 5.41) is 4.58. The van der Waals surface area contributed by atoms with Crippen molar-refractivity contribution < 1.29 is 9.18 Å². The number of anilines is 1. The molecule has 1 amide bonds. The fourth-order valence-corrected chi connectivity index (χ4v) is 3.28. The number of carbonyl (C=O) groups excluding carboxylic acids is 1. The SMILES string of the molecule is O=C(Nc1ccc(F)cc1I)c1sccc1Br. The predicted octanol–water partition coefficient (Wildman–Crippen LogP) is 4.51. The lowest BCUT2D eigenvalue weighted by molar-refractivity contribution is 0.103. The van der Waals surface area contributed by atoms with Gasteiger partial charge in [-0.25, -0.2) is 4.39 Å². The lowest BCUT2D eigenvalue weighted by Gasteiger charge is -2.06. The molecule has 88 valence electrons. The van der Waals surface area contributed by atoms with Crippen molar-refractivity contribution in [1.29, 1.82) is 0 Å². The summed E-state index contributed by atoms with van der Waals surface area (Å²) in [4.78, 5) is 12.5. The fourth-order valence-electron chi connectivity index (χ4n) is 1.23. The number of thiophene rings is 1. The maximum Gasteiger partial charge on any atom is 0.266 e. The van der Waals surface area contributed by atoms with Crippen LogP contribution in [-0.4, -0.2) is 5.91 Å². The van der Waals surface area contributed by atoms with E-state index in [2.05, 4.69) is 21.2 Å². The fraction of sp³-hybridized carbons (Fsp3) is 0. The Kier molecular flexibility index (Phi) is 4.16. The summed E-state index contributed by atoms with van der Waals surface area (Å²) in [6.45, 7) is 0. The third-order valence-electron chi connectivity index (χ3n) is 2.00. The molecule has 0 fully saturated rings. The number of hydrogen-bond acceptors (Lipinski definition) is 2. The molecular formula is C11H6BrFINOS. The molecule has 0 aliphatic carbocycles. The van der Waals surface area contributed by atoms with Crippen LogP contribution in [0, 0.1) is 9.39 Å². The van der Waals surface area contributed by atoms with Crippen LogP contribution in [0.5, 0.6) is 0 Å². The Hall–Kier alpha value is -0.470. The molecule has 2 rings (SSSR count). The summed E-state index contributed by atoms with van der Waals surface area (Å²) in [7, 11) is 0. The number of carbonyl (C=O) groups is 1. The Labute approximate surface area is 124 Å². The zero-order valence-corrected chi connectivity index (χ0v) is 12.9. The van der Waals surface area contributed by atoms with Gasteiger partial charge in [-0.3, -0.25) is 4.79 Å². The van der Waals surface area contributed by atoms with Crippen molar-refractivity contribution in [2.75, 3.05) is 5.32 Å². The third kappa shape index (κ3) is 3.05. The first-order valence-electron chi connectivity index (χ1n) is 4.57. The smallest absolute Gasteiger partial charge is 0.266 e. The lowest BCUT2D eigenvalue weighted by Crippen LogP contribution is -2.11. The van der Waals surface area contributed by atoms with E-state index in [9.17, 15) is 9.18 Å². The van der Waals surface area contributed by atoms with E-state index >= 15 is 0 Å². The normalized spacial score (nSPS) is 10.3. The summed E-state index contributed by atoms with van der Waals surface area (Å²) in [6, 6.07) is 6.06. The number of hydrogen-bond donors (Lipinski definition) is 1. The van der Waals surface area contributed by atoms with Gasteiger partial charge in [-0.15, -0.1) is 11.3 Å². The van der Waals surface area contributed by atoms with E-state index in [1.165, 1.54) is 23.5 Å². The molecule has 2 aromatic rings. The number of amides is 1. The van der Waals surface area contributed by atoms with Gasteiger partial charge in [-0.2, -0.15) is 0 Å². The monoisotopic (exact) mass is 425 g/mol. The third-order valence-corrected chi connectivity index (χ3v) is 4.73. The van der Waals surface area contributed by atoms with Crippen LogP contribution in [0.3, 0.4) is 0 Å². The maximum atomic E-state index is 12.9. The van der Waals surface area contributed by atoms with Gasteiger partial charge >= 0.3 is 0 Å². The van der Waals surface area contributed by atoms with Gasteiger partial charge in [0.05, 0.1) is 5.69 Å². The Balaban J connectivity index is 2.22. The summed E-state index contributed by atoms with van der Waals surface area (Å²) in [5.74, 6) is -0.513.